The molecule has 1 aromatic carbocycles. The highest BCUT2D eigenvalue weighted by atomic mass is 16.5. The first kappa shape index (κ1) is 13.1. The van der Waals surface area contributed by atoms with E-state index in [-0.39, 0.29) is 5.97 Å². The second-order valence-electron chi connectivity index (χ2n) is 4.09. The van der Waals surface area contributed by atoms with E-state index < -0.39 is 0 Å². The Bertz CT molecular complexity index is 585. The van der Waals surface area contributed by atoms with Gasteiger partial charge in [0.1, 0.15) is 0 Å². The summed E-state index contributed by atoms with van der Waals surface area (Å²) in [6.07, 6.45) is 5.35. The van der Waals surface area contributed by atoms with Gasteiger partial charge < -0.3 is 4.74 Å². The lowest BCUT2D eigenvalue weighted by Crippen LogP contribution is -2.06. The van der Waals surface area contributed by atoms with Crippen molar-refractivity contribution in [2.75, 3.05) is 6.61 Å². The summed E-state index contributed by atoms with van der Waals surface area (Å²) in [4.78, 5) is 12.0. The zero-order chi connectivity index (χ0) is 13.7. The predicted molar refractivity (Wildman–Crippen MR) is 74.2 cm³/mol. The molecule has 98 valence electrons. The van der Waals surface area contributed by atoms with E-state index in [9.17, 15) is 4.79 Å². The van der Waals surface area contributed by atoms with Gasteiger partial charge in [0.2, 0.25) is 0 Å². The summed E-state index contributed by atoms with van der Waals surface area (Å²) in [6.45, 7) is 2.15. The molecule has 1 heterocycles. The number of aryl methyl sites for hydroxylation is 1. The van der Waals surface area contributed by atoms with E-state index in [1.54, 1.807) is 23.9 Å². The fourth-order valence-electron chi connectivity index (χ4n) is 1.77. The first-order valence-corrected chi connectivity index (χ1v) is 6.13. The van der Waals surface area contributed by atoms with Crippen molar-refractivity contribution in [2.45, 2.75) is 6.92 Å². The molecule has 0 fully saturated rings. The molecule has 0 aliphatic carbocycles. The number of carbonyl (C=O) groups is 1. The molecular formula is C15H16N2O2. The maximum absolute atomic E-state index is 12.0. The van der Waals surface area contributed by atoms with Crippen molar-refractivity contribution in [3.05, 3.63) is 53.9 Å². The number of nitrogens with zero attached hydrogens (tertiary/aromatic N) is 2. The van der Waals surface area contributed by atoms with Crippen LogP contribution in [0.2, 0.25) is 0 Å². The summed E-state index contributed by atoms with van der Waals surface area (Å²) in [7, 11) is 1.84. The maximum atomic E-state index is 12.0. The number of carbonyl (C=O) groups excluding carboxylic acids is 1. The monoisotopic (exact) mass is 256 g/mol. The van der Waals surface area contributed by atoms with E-state index in [0.29, 0.717) is 12.2 Å². The molecule has 0 saturated heterocycles. The third-order valence-electron chi connectivity index (χ3n) is 2.62. The lowest BCUT2D eigenvalue weighted by molar-refractivity contribution is -0.136. The van der Waals surface area contributed by atoms with Crippen molar-refractivity contribution in [3.63, 3.8) is 0 Å². The Morgan fingerprint density at radius 3 is 2.68 bits per heavy atom. The maximum Gasteiger partial charge on any atom is 0.338 e. The summed E-state index contributed by atoms with van der Waals surface area (Å²) >= 11 is 0. The largest absolute Gasteiger partial charge is 0.462 e. The van der Waals surface area contributed by atoms with Crippen LogP contribution in [0.1, 0.15) is 18.1 Å². The zero-order valence-corrected chi connectivity index (χ0v) is 11.0. The van der Waals surface area contributed by atoms with Crippen LogP contribution in [0, 0.1) is 0 Å². The molecule has 0 aliphatic rings. The molecule has 0 radical (unpaired) electrons. The van der Waals surface area contributed by atoms with Crippen molar-refractivity contribution in [1.29, 1.82) is 0 Å². The Balaban J connectivity index is 2.40. The Morgan fingerprint density at radius 1 is 1.37 bits per heavy atom. The summed E-state index contributed by atoms with van der Waals surface area (Å²) in [5, 5.41) is 4.09. The summed E-state index contributed by atoms with van der Waals surface area (Å²) < 4.78 is 6.80. The predicted octanol–water partition coefficient (Wildman–Crippen LogP) is 2.52. The lowest BCUT2D eigenvalue weighted by atomic mass is 10.0. The van der Waals surface area contributed by atoms with Crippen molar-refractivity contribution in [2.24, 2.45) is 7.05 Å². The molecule has 0 atom stereocenters. The van der Waals surface area contributed by atoms with Crippen molar-refractivity contribution >= 4 is 17.6 Å². The molecule has 4 heteroatoms. The number of hydrogen-bond acceptors (Lipinski definition) is 3. The van der Waals surface area contributed by atoms with Gasteiger partial charge in [-0.15, -0.1) is 0 Å². The minimum absolute atomic E-state index is 0.322. The minimum Gasteiger partial charge on any atom is -0.462 e. The van der Waals surface area contributed by atoms with Crippen LogP contribution in [0.15, 0.2) is 42.7 Å². The van der Waals surface area contributed by atoms with Gasteiger partial charge in [0.15, 0.2) is 0 Å². The average molecular weight is 256 g/mol. The molecular weight excluding hydrogens is 240 g/mol. The van der Waals surface area contributed by atoms with Crippen molar-refractivity contribution in [1.82, 2.24) is 9.78 Å². The standard InChI is InChI=1S/C15H16N2O2/c1-3-19-15(18)14(13-7-5-4-6-8-13)9-12-10-16-17(2)11-12/h4-11H,3H2,1-2H3/b14-9+. The van der Waals surface area contributed by atoms with Gasteiger partial charge in [-0.1, -0.05) is 30.3 Å². The van der Waals surface area contributed by atoms with E-state index >= 15 is 0 Å². The van der Waals surface area contributed by atoms with Gasteiger partial charge >= 0.3 is 5.97 Å². The molecule has 0 amide bonds. The number of benzene rings is 1. The fourth-order valence-corrected chi connectivity index (χ4v) is 1.77. The minimum atomic E-state index is -0.322. The van der Waals surface area contributed by atoms with Gasteiger partial charge in [0.05, 0.1) is 18.4 Å². The molecule has 2 rings (SSSR count). The number of aromatic nitrogens is 2. The van der Waals surface area contributed by atoms with Crippen LogP contribution in [-0.2, 0) is 16.6 Å². The van der Waals surface area contributed by atoms with E-state index in [0.717, 1.165) is 11.1 Å². The molecule has 4 nitrogen and oxygen atoms in total. The van der Waals surface area contributed by atoms with Gasteiger partial charge in [-0.05, 0) is 18.6 Å². The van der Waals surface area contributed by atoms with Crippen LogP contribution in [0.4, 0.5) is 0 Å². The average Bonchev–Trinajstić information content (AvgIpc) is 2.83. The third kappa shape index (κ3) is 3.31. The molecule has 0 aliphatic heterocycles. The fraction of sp³-hybridized carbons (Fsp3) is 0.200. The van der Waals surface area contributed by atoms with Gasteiger partial charge in [0, 0.05) is 18.8 Å². The zero-order valence-electron chi connectivity index (χ0n) is 11.0. The van der Waals surface area contributed by atoms with Gasteiger partial charge in [-0.2, -0.15) is 5.10 Å². The highest BCUT2D eigenvalue weighted by Crippen LogP contribution is 2.19. The van der Waals surface area contributed by atoms with E-state index in [1.807, 2.05) is 43.6 Å². The van der Waals surface area contributed by atoms with E-state index in [1.165, 1.54) is 0 Å². The van der Waals surface area contributed by atoms with Crippen LogP contribution in [0.3, 0.4) is 0 Å². The van der Waals surface area contributed by atoms with Gasteiger partial charge in [0.25, 0.3) is 0 Å². The van der Waals surface area contributed by atoms with E-state index in [4.69, 9.17) is 4.74 Å². The Morgan fingerprint density at radius 2 is 2.11 bits per heavy atom. The summed E-state index contributed by atoms with van der Waals surface area (Å²) in [6, 6.07) is 9.48. The third-order valence-corrected chi connectivity index (χ3v) is 2.62. The van der Waals surface area contributed by atoms with Crippen LogP contribution in [-0.4, -0.2) is 22.4 Å². The van der Waals surface area contributed by atoms with Crippen molar-refractivity contribution < 1.29 is 9.53 Å². The van der Waals surface area contributed by atoms with Crippen LogP contribution < -0.4 is 0 Å². The summed E-state index contributed by atoms with van der Waals surface area (Å²) in [5.74, 6) is -0.322. The number of rotatable bonds is 4. The van der Waals surface area contributed by atoms with E-state index in [2.05, 4.69) is 5.10 Å². The molecule has 1 aromatic heterocycles. The molecule has 19 heavy (non-hydrogen) atoms. The number of hydrogen-bond donors (Lipinski definition) is 0. The van der Waals surface area contributed by atoms with Gasteiger partial charge in [-0.3, -0.25) is 4.68 Å². The van der Waals surface area contributed by atoms with Crippen LogP contribution >= 0.6 is 0 Å². The molecule has 2 aromatic rings. The Labute approximate surface area is 112 Å². The molecule has 0 bridgehead atoms. The summed E-state index contributed by atoms with van der Waals surface area (Å²) in [5.41, 5.74) is 2.25. The van der Waals surface area contributed by atoms with Crippen LogP contribution in [0.25, 0.3) is 11.6 Å². The number of ether oxygens (including phenoxy) is 1. The quantitative estimate of drug-likeness (QED) is 0.623. The lowest BCUT2D eigenvalue weighted by Gasteiger charge is -2.06. The molecule has 0 unspecified atom stereocenters. The second kappa shape index (κ2) is 6.00. The smallest absolute Gasteiger partial charge is 0.338 e. The Hall–Kier alpha value is -2.36. The highest BCUT2D eigenvalue weighted by Gasteiger charge is 2.13. The normalized spacial score (nSPS) is 11.4. The molecule has 0 saturated carbocycles. The SMILES string of the molecule is CCOC(=O)/C(=C/c1cnn(C)c1)c1ccccc1. The van der Waals surface area contributed by atoms with Gasteiger partial charge in [-0.25, -0.2) is 4.79 Å². The first-order valence-electron chi connectivity index (χ1n) is 6.13. The molecule has 0 spiro atoms. The highest BCUT2D eigenvalue weighted by molar-refractivity contribution is 6.21. The van der Waals surface area contributed by atoms with Crippen molar-refractivity contribution in [3.8, 4) is 0 Å². The second-order valence-corrected chi connectivity index (χ2v) is 4.09. The first-order chi connectivity index (χ1) is 9.20. The van der Waals surface area contributed by atoms with Crippen LogP contribution in [0.5, 0.6) is 0 Å². The topological polar surface area (TPSA) is 44.1 Å². The Kier molecular flexibility index (Phi) is 4.13. The number of esters is 1. The molecule has 0 N–H and O–H groups in total.